The molecule has 110 valence electrons. The van der Waals surface area contributed by atoms with Gasteiger partial charge in [-0.2, -0.15) is 5.10 Å². The Kier molecular flexibility index (Phi) is 4.93. The highest BCUT2D eigenvalue weighted by molar-refractivity contribution is 6.01. The fraction of sp³-hybridized carbons (Fsp3) is 0.294. The summed E-state index contributed by atoms with van der Waals surface area (Å²) >= 11 is 0. The number of aromatic amines is 1. The molecule has 0 aliphatic rings. The van der Waals surface area contributed by atoms with Gasteiger partial charge in [-0.05, 0) is 37.5 Å². The molecular formula is C17H21N3O. The van der Waals surface area contributed by atoms with Gasteiger partial charge in [0.1, 0.15) is 0 Å². The van der Waals surface area contributed by atoms with Crippen LogP contribution in [0.3, 0.4) is 0 Å². The number of nitrogens with one attached hydrogen (secondary N) is 2. The Labute approximate surface area is 125 Å². The van der Waals surface area contributed by atoms with Crippen LogP contribution in [0.15, 0.2) is 30.3 Å². The minimum absolute atomic E-state index is 0.176. The summed E-state index contributed by atoms with van der Waals surface area (Å²) in [5.41, 5.74) is 4.45. The molecule has 0 radical (unpaired) electrons. The van der Waals surface area contributed by atoms with Crippen LogP contribution in [-0.2, 0) is 11.2 Å². The lowest BCUT2D eigenvalue weighted by atomic mass is 10.1. The van der Waals surface area contributed by atoms with Crippen LogP contribution in [0, 0.1) is 13.8 Å². The van der Waals surface area contributed by atoms with Crippen LogP contribution in [0.25, 0.3) is 6.08 Å². The van der Waals surface area contributed by atoms with Gasteiger partial charge in [0.15, 0.2) is 5.82 Å². The molecule has 0 saturated heterocycles. The highest BCUT2D eigenvalue weighted by Gasteiger charge is 2.03. The molecule has 0 atom stereocenters. The van der Waals surface area contributed by atoms with E-state index in [9.17, 15) is 4.79 Å². The van der Waals surface area contributed by atoms with Gasteiger partial charge < -0.3 is 5.32 Å². The minimum Gasteiger partial charge on any atom is -0.306 e. The molecule has 1 amide bonds. The first-order valence-corrected chi connectivity index (χ1v) is 7.19. The smallest absolute Gasteiger partial charge is 0.249 e. The van der Waals surface area contributed by atoms with E-state index in [2.05, 4.69) is 35.4 Å². The molecule has 2 aromatic rings. The Bertz CT molecular complexity index is 656. The van der Waals surface area contributed by atoms with Crippen LogP contribution in [0.2, 0.25) is 0 Å². The van der Waals surface area contributed by atoms with Gasteiger partial charge in [0, 0.05) is 17.8 Å². The number of carbonyl (C=O) groups is 1. The van der Waals surface area contributed by atoms with Crippen molar-refractivity contribution in [2.24, 2.45) is 0 Å². The van der Waals surface area contributed by atoms with Crippen LogP contribution in [0.5, 0.6) is 0 Å². The van der Waals surface area contributed by atoms with Gasteiger partial charge in [-0.15, -0.1) is 0 Å². The molecule has 4 nitrogen and oxygen atoms in total. The summed E-state index contributed by atoms with van der Waals surface area (Å²) in [5.74, 6) is 0.387. The van der Waals surface area contributed by atoms with Crippen LogP contribution >= 0.6 is 0 Å². The summed E-state index contributed by atoms with van der Waals surface area (Å²) in [4.78, 5) is 11.9. The average molecular weight is 283 g/mol. The maximum atomic E-state index is 11.9. The molecule has 0 unspecified atom stereocenters. The van der Waals surface area contributed by atoms with Crippen molar-refractivity contribution in [3.8, 4) is 0 Å². The number of carbonyl (C=O) groups excluding carboxylic acids is 1. The molecule has 0 spiro atoms. The number of amides is 1. The van der Waals surface area contributed by atoms with E-state index in [-0.39, 0.29) is 5.91 Å². The molecule has 0 fully saturated rings. The van der Waals surface area contributed by atoms with E-state index in [1.54, 1.807) is 0 Å². The van der Waals surface area contributed by atoms with Crippen molar-refractivity contribution in [1.29, 1.82) is 0 Å². The predicted octanol–water partition coefficient (Wildman–Crippen LogP) is 3.63. The first-order valence-electron chi connectivity index (χ1n) is 7.19. The van der Waals surface area contributed by atoms with Crippen molar-refractivity contribution < 1.29 is 4.79 Å². The summed E-state index contributed by atoms with van der Waals surface area (Å²) in [7, 11) is 0. The average Bonchev–Trinajstić information content (AvgIpc) is 2.85. The molecule has 0 aliphatic heterocycles. The molecule has 1 heterocycles. The highest BCUT2D eigenvalue weighted by Crippen LogP contribution is 2.12. The number of aryl methyl sites for hydroxylation is 3. The lowest BCUT2D eigenvalue weighted by Crippen LogP contribution is -2.07. The van der Waals surface area contributed by atoms with Crippen molar-refractivity contribution in [2.75, 3.05) is 5.32 Å². The number of aromatic nitrogens is 2. The number of hydrogen-bond donors (Lipinski definition) is 2. The Hall–Kier alpha value is -2.36. The highest BCUT2D eigenvalue weighted by atomic mass is 16.1. The number of anilines is 1. The van der Waals surface area contributed by atoms with Gasteiger partial charge >= 0.3 is 0 Å². The first kappa shape index (κ1) is 15.0. The Morgan fingerprint density at radius 1 is 1.33 bits per heavy atom. The number of hydrogen-bond acceptors (Lipinski definition) is 2. The maximum absolute atomic E-state index is 11.9. The second-order valence-electron chi connectivity index (χ2n) is 5.21. The predicted molar refractivity (Wildman–Crippen MR) is 86.2 cm³/mol. The fourth-order valence-corrected chi connectivity index (χ4v) is 2.17. The molecule has 0 aliphatic carbocycles. The first-order chi connectivity index (χ1) is 10.1. The Morgan fingerprint density at radius 3 is 2.86 bits per heavy atom. The van der Waals surface area contributed by atoms with Crippen LogP contribution < -0.4 is 5.32 Å². The van der Waals surface area contributed by atoms with E-state index in [1.165, 1.54) is 11.6 Å². The zero-order valence-electron chi connectivity index (χ0n) is 12.7. The molecule has 0 bridgehead atoms. The van der Waals surface area contributed by atoms with Gasteiger partial charge in [-0.3, -0.25) is 9.89 Å². The topological polar surface area (TPSA) is 57.8 Å². The van der Waals surface area contributed by atoms with Crippen molar-refractivity contribution in [2.45, 2.75) is 33.6 Å². The van der Waals surface area contributed by atoms with Crippen molar-refractivity contribution >= 4 is 17.8 Å². The monoisotopic (exact) mass is 283 g/mol. The molecule has 1 aromatic carbocycles. The summed E-state index contributed by atoms with van der Waals surface area (Å²) in [6.45, 7) is 6.19. The van der Waals surface area contributed by atoms with Crippen molar-refractivity contribution in [3.63, 3.8) is 0 Å². The van der Waals surface area contributed by atoms with Crippen LogP contribution in [0.4, 0.5) is 5.82 Å². The second kappa shape index (κ2) is 6.88. The van der Waals surface area contributed by atoms with E-state index >= 15 is 0 Å². The maximum Gasteiger partial charge on any atom is 0.249 e. The molecule has 2 N–H and O–H groups in total. The summed E-state index contributed by atoms with van der Waals surface area (Å²) < 4.78 is 0. The summed E-state index contributed by atoms with van der Waals surface area (Å²) in [6.07, 6.45) is 5.33. The zero-order valence-corrected chi connectivity index (χ0v) is 12.7. The van der Waals surface area contributed by atoms with Crippen molar-refractivity contribution in [3.05, 3.63) is 52.7 Å². The largest absolute Gasteiger partial charge is 0.306 e. The van der Waals surface area contributed by atoms with E-state index in [1.807, 2.05) is 31.2 Å². The van der Waals surface area contributed by atoms with Gasteiger partial charge in [0.2, 0.25) is 5.91 Å². The Morgan fingerprint density at radius 2 is 2.14 bits per heavy atom. The zero-order chi connectivity index (χ0) is 15.2. The third kappa shape index (κ3) is 4.31. The third-order valence-electron chi connectivity index (χ3n) is 3.24. The molecule has 1 aromatic heterocycles. The molecule has 2 rings (SSSR count). The molecule has 21 heavy (non-hydrogen) atoms. The van der Waals surface area contributed by atoms with E-state index in [0.29, 0.717) is 5.82 Å². The standard InChI is InChI=1S/C17H21N3O/c1-4-5-15-11-16(20-19-15)18-17(21)9-8-14-7-6-12(2)10-13(14)3/h6-11H,4-5H2,1-3H3,(H2,18,19,20,21)/b9-8+. The molecule has 0 saturated carbocycles. The van der Waals surface area contributed by atoms with Gasteiger partial charge in [0.25, 0.3) is 0 Å². The third-order valence-corrected chi connectivity index (χ3v) is 3.24. The van der Waals surface area contributed by atoms with Crippen molar-refractivity contribution in [1.82, 2.24) is 10.2 Å². The Balaban J connectivity index is 1.98. The van der Waals surface area contributed by atoms with E-state index in [4.69, 9.17) is 0 Å². The molecular weight excluding hydrogens is 262 g/mol. The van der Waals surface area contributed by atoms with Gasteiger partial charge in [0.05, 0.1) is 0 Å². The summed E-state index contributed by atoms with van der Waals surface area (Å²) in [6, 6.07) is 8.02. The number of nitrogens with zero attached hydrogens (tertiary/aromatic N) is 1. The minimum atomic E-state index is -0.176. The normalized spacial score (nSPS) is 11.0. The summed E-state index contributed by atoms with van der Waals surface area (Å²) in [5, 5.41) is 9.73. The second-order valence-corrected chi connectivity index (χ2v) is 5.21. The van der Waals surface area contributed by atoms with Gasteiger partial charge in [-0.1, -0.05) is 37.1 Å². The quantitative estimate of drug-likeness (QED) is 0.823. The lowest BCUT2D eigenvalue weighted by molar-refractivity contribution is -0.111. The SMILES string of the molecule is CCCc1cc(NC(=O)/C=C/c2ccc(C)cc2C)n[nH]1. The lowest BCUT2D eigenvalue weighted by Gasteiger charge is -2.01. The van der Waals surface area contributed by atoms with E-state index in [0.717, 1.165) is 29.7 Å². The molecule has 4 heteroatoms. The van der Waals surface area contributed by atoms with Gasteiger partial charge in [-0.25, -0.2) is 0 Å². The number of benzene rings is 1. The van der Waals surface area contributed by atoms with Crippen LogP contribution in [0.1, 0.15) is 35.7 Å². The van der Waals surface area contributed by atoms with Crippen LogP contribution in [-0.4, -0.2) is 16.1 Å². The fourth-order valence-electron chi connectivity index (χ4n) is 2.17. The number of rotatable bonds is 5. The van der Waals surface area contributed by atoms with E-state index < -0.39 is 0 Å². The number of H-pyrrole nitrogens is 1.